The SMILES string of the molecule is CCc1c(Nc2ccccc2)ncc(C)c1Oc1cccc(N)c1. The van der Waals surface area contributed by atoms with Crippen LogP contribution >= 0.6 is 0 Å². The smallest absolute Gasteiger partial charge is 0.138 e. The topological polar surface area (TPSA) is 60.2 Å². The average molecular weight is 319 g/mol. The molecule has 2 aromatic carbocycles. The highest BCUT2D eigenvalue weighted by Gasteiger charge is 2.14. The van der Waals surface area contributed by atoms with Crippen LogP contribution in [0, 0.1) is 6.92 Å². The number of ether oxygens (including phenoxy) is 1. The monoisotopic (exact) mass is 319 g/mol. The van der Waals surface area contributed by atoms with Crippen LogP contribution < -0.4 is 15.8 Å². The number of anilines is 3. The van der Waals surface area contributed by atoms with E-state index in [0.717, 1.165) is 40.6 Å². The average Bonchev–Trinajstić information content (AvgIpc) is 2.59. The van der Waals surface area contributed by atoms with E-state index in [1.54, 1.807) is 0 Å². The maximum atomic E-state index is 6.13. The van der Waals surface area contributed by atoms with Crippen LogP contribution in [0.4, 0.5) is 17.2 Å². The molecule has 0 spiro atoms. The molecule has 0 atom stereocenters. The number of rotatable bonds is 5. The number of nitrogens with zero attached hydrogens (tertiary/aromatic N) is 1. The summed E-state index contributed by atoms with van der Waals surface area (Å²) in [6.45, 7) is 4.10. The Labute approximate surface area is 142 Å². The summed E-state index contributed by atoms with van der Waals surface area (Å²) in [5.41, 5.74) is 9.56. The van der Waals surface area contributed by atoms with Crippen LogP contribution in [0.25, 0.3) is 0 Å². The van der Waals surface area contributed by atoms with Gasteiger partial charge in [0.25, 0.3) is 0 Å². The summed E-state index contributed by atoms with van der Waals surface area (Å²) < 4.78 is 6.13. The quantitative estimate of drug-likeness (QED) is 0.645. The molecule has 0 aliphatic heterocycles. The minimum Gasteiger partial charge on any atom is -0.457 e. The molecule has 0 radical (unpaired) electrons. The van der Waals surface area contributed by atoms with Crippen molar-refractivity contribution in [1.29, 1.82) is 0 Å². The molecule has 4 heteroatoms. The van der Waals surface area contributed by atoms with Gasteiger partial charge in [0.15, 0.2) is 0 Å². The summed E-state index contributed by atoms with van der Waals surface area (Å²) >= 11 is 0. The molecule has 3 N–H and O–H groups in total. The number of hydrogen-bond acceptors (Lipinski definition) is 4. The fourth-order valence-corrected chi connectivity index (χ4v) is 2.58. The summed E-state index contributed by atoms with van der Waals surface area (Å²) in [6, 6.07) is 17.5. The van der Waals surface area contributed by atoms with Gasteiger partial charge in [-0.05, 0) is 37.6 Å². The van der Waals surface area contributed by atoms with E-state index in [4.69, 9.17) is 10.5 Å². The van der Waals surface area contributed by atoms with Gasteiger partial charge in [0, 0.05) is 34.8 Å². The lowest BCUT2D eigenvalue weighted by molar-refractivity contribution is 0.473. The number of nitrogens with one attached hydrogen (secondary N) is 1. The molecule has 3 rings (SSSR count). The minimum absolute atomic E-state index is 0.680. The third kappa shape index (κ3) is 3.49. The molecule has 0 aliphatic rings. The maximum absolute atomic E-state index is 6.13. The van der Waals surface area contributed by atoms with Crippen molar-refractivity contribution in [2.75, 3.05) is 11.1 Å². The van der Waals surface area contributed by atoms with Crippen molar-refractivity contribution in [3.8, 4) is 11.5 Å². The second-order valence-electron chi connectivity index (χ2n) is 5.62. The van der Waals surface area contributed by atoms with Crippen LogP contribution in [0.3, 0.4) is 0 Å². The first kappa shape index (κ1) is 15.9. The minimum atomic E-state index is 0.680. The number of pyridine rings is 1. The van der Waals surface area contributed by atoms with Crippen molar-refractivity contribution in [3.63, 3.8) is 0 Å². The van der Waals surface area contributed by atoms with Gasteiger partial charge in [-0.3, -0.25) is 0 Å². The number of benzene rings is 2. The molecular formula is C20H21N3O. The maximum Gasteiger partial charge on any atom is 0.138 e. The highest BCUT2D eigenvalue weighted by Crippen LogP contribution is 2.34. The van der Waals surface area contributed by atoms with Crippen LogP contribution in [0.1, 0.15) is 18.1 Å². The van der Waals surface area contributed by atoms with E-state index in [1.807, 2.05) is 67.7 Å². The van der Waals surface area contributed by atoms with Crippen molar-refractivity contribution in [1.82, 2.24) is 4.98 Å². The Kier molecular flexibility index (Phi) is 4.66. The second-order valence-corrected chi connectivity index (χ2v) is 5.62. The molecule has 122 valence electrons. The van der Waals surface area contributed by atoms with E-state index in [-0.39, 0.29) is 0 Å². The fraction of sp³-hybridized carbons (Fsp3) is 0.150. The molecule has 0 saturated heterocycles. The van der Waals surface area contributed by atoms with E-state index in [9.17, 15) is 0 Å². The van der Waals surface area contributed by atoms with Gasteiger partial charge in [0.2, 0.25) is 0 Å². The number of aryl methyl sites for hydroxylation is 1. The van der Waals surface area contributed by atoms with Gasteiger partial charge in [-0.1, -0.05) is 31.2 Å². The largest absolute Gasteiger partial charge is 0.457 e. The van der Waals surface area contributed by atoms with E-state index in [2.05, 4.69) is 17.2 Å². The molecule has 0 amide bonds. The Morgan fingerprint density at radius 1 is 1.08 bits per heavy atom. The Bertz CT molecular complexity index is 832. The Hall–Kier alpha value is -3.01. The molecule has 0 fully saturated rings. The molecule has 0 saturated carbocycles. The molecule has 0 unspecified atom stereocenters. The molecular weight excluding hydrogens is 298 g/mol. The number of aromatic nitrogens is 1. The molecule has 1 aromatic heterocycles. The summed E-state index contributed by atoms with van der Waals surface area (Å²) in [5.74, 6) is 2.37. The predicted octanol–water partition coefficient (Wildman–Crippen LogP) is 5.07. The van der Waals surface area contributed by atoms with E-state index in [1.165, 1.54) is 0 Å². The van der Waals surface area contributed by atoms with Gasteiger partial charge in [-0.15, -0.1) is 0 Å². The number of para-hydroxylation sites is 1. The Morgan fingerprint density at radius 3 is 2.58 bits per heavy atom. The first-order valence-electron chi connectivity index (χ1n) is 8.01. The lowest BCUT2D eigenvalue weighted by atomic mass is 10.1. The summed E-state index contributed by atoms with van der Waals surface area (Å²) in [5, 5.41) is 3.37. The third-order valence-electron chi connectivity index (χ3n) is 3.77. The first-order chi connectivity index (χ1) is 11.7. The fourth-order valence-electron chi connectivity index (χ4n) is 2.58. The Morgan fingerprint density at radius 2 is 1.88 bits per heavy atom. The van der Waals surface area contributed by atoms with Crippen LogP contribution in [0.2, 0.25) is 0 Å². The first-order valence-corrected chi connectivity index (χ1v) is 8.01. The number of nitrogen functional groups attached to an aromatic ring is 1. The molecule has 24 heavy (non-hydrogen) atoms. The van der Waals surface area contributed by atoms with Crippen LogP contribution in [-0.2, 0) is 6.42 Å². The predicted molar refractivity (Wildman–Crippen MR) is 99.0 cm³/mol. The van der Waals surface area contributed by atoms with Gasteiger partial charge in [-0.25, -0.2) is 4.98 Å². The highest BCUT2D eigenvalue weighted by atomic mass is 16.5. The van der Waals surface area contributed by atoms with Crippen molar-refractivity contribution < 1.29 is 4.74 Å². The van der Waals surface area contributed by atoms with Crippen LogP contribution in [0.5, 0.6) is 11.5 Å². The van der Waals surface area contributed by atoms with Gasteiger partial charge in [0.1, 0.15) is 17.3 Å². The van der Waals surface area contributed by atoms with Crippen molar-refractivity contribution in [3.05, 3.63) is 71.9 Å². The van der Waals surface area contributed by atoms with Gasteiger partial charge < -0.3 is 15.8 Å². The molecule has 3 aromatic rings. The van der Waals surface area contributed by atoms with Crippen molar-refractivity contribution in [2.24, 2.45) is 0 Å². The summed E-state index contributed by atoms with van der Waals surface area (Å²) in [4.78, 5) is 4.55. The lowest BCUT2D eigenvalue weighted by Gasteiger charge is -2.17. The second kappa shape index (κ2) is 7.04. The lowest BCUT2D eigenvalue weighted by Crippen LogP contribution is -2.03. The third-order valence-corrected chi connectivity index (χ3v) is 3.77. The van der Waals surface area contributed by atoms with E-state index in [0.29, 0.717) is 5.69 Å². The molecule has 1 heterocycles. The van der Waals surface area contributed by atoms with Crippen molar-refractivity contribution >= 4 is 17.2 Å². The zero-order valence-corrected chi connectivity index (χ0v) is 13.9. The zero-order chi connectivity index (χ0) is 16.9. The number of hydrogen-bond donors (Lipinski definition) is 2. The number of nitrogens with two attached hydrogens (primary N) is 1. The standard InChI is InChI=1S/C20H21N3O/c1-3-18-19(24-17-11-7-8-15(21)12-17)14(2)13-22-20(18)23-16-9-5-4-6-10-16/h4-13H,3,21H2,1-2H3,(H,22,23). The van der Waals surface area contributed by atoms with Gasteiger partial charge in [0.05, 0.1) is 0 Å². The van der Waals surface area contributed by atoms with Crippen molar-refractivity contribution in [2.45, 2.75) is 20.3 Å². The van der Waals surface area contributed by atoms with Gasteiger partial charge in [-0.2, -0.15) is 0 Å². The normalized spacial score (nSPS) is 10.4. The van der Waals surface area contributed by atoms with E-state index < -0.39 is 0 Å². The highest BCUT2D eigenvalue weighted by molar-refractivity contribution is 5.64. The molecule has 0 aliphatic carbocycles. The Balaban J connectivity index is 1.97. The van der Waals surface area contributed by atoms with Crippen LogP contribution in [0.15, 0.2) is 60.8 Å². The summed E-state index contributed by atoms with van der Waals surface area (Å²) in [7, 11) is 0. The van der Waals surface area contributed by atoms with Crippen LogP contribution in [-0.4, -0.2) is 4.98 Å². The molecule has 4 nitrogen and oxygen atoms in total. The molecule has 0 bridgehead atoms. The zero-order valence-electron chi connectivity index (χ0n) is 13.9. The van der Waals surface area contributed by atoms with Gasteiger partial charge >= 0.3 is 0 Å². The van der Waals surface area contributed by atoms with E-state index >= 15 is 0 Å². The summed E-state index contributed by atoms with van der Waals surface area (Å²) in [6.07, 6.45) is 2.63.